The normalized spacial score (nSPS) is 11.8. The highest BCUT2D eigenvalue weighted by Gasteiger charge is 2.22. The van der Waals surface area contributed by atoms with Crippen molar-refractivity contribution in [2.75, 3.05) is 4.90 Å². The van der Waals surface area contributed by atoms with Gasteiger partial charge in [-0.05, 0) is 90.5 Å². The minimum atomic E-state index is 0.872. The van der Waals surface area contributed by atoms with Gasteiger partial charge >= 0.3 is 0 Å². The van der Waals surface area contributed by atoms with E-state index in [4.69, 9.17) is 4.42 Å². The minimum absolute atomic E-state index is 0.872. The molecule has 0 aliphatic heterocycles. The number of benzene rings is 9. The molecule has 0 aliphatic rings. The van der Waals surface area contributed by atoms with Crippen molar-refractivity contribution in [2.45, 2.75) is 0 Å². The Balaban J connectivity index is 1.12. The third-order valence-electron chi connectivity index (χ3n) is 11.7. The van der Waals surface area contributed by atoms with E-state index in [1.165, 1.54) is 38.1 Å². The number of para-hydroxylation sites is 6. The maximum atomic E-state index is 6.34. The van der Waals surface area contributed by atoms with E-state index < -0.39 is 0 Å². The van der Waals surface area contributed by atoms with Crippen LogP contribution in [-0.2, 0) is 0 Å². The Morgan fingerprint density at radius 2 is 0.828 bits per heavy atom. The summed E-state index contributed by atoms with van der Waals surface area (Å²) in [6, 6.07) is 76.3. The smallest absolute Gasteiger partial charge is 0.135 e. The van der Waals surface area contributed by atoms with Crippen molar-refractivity contribution in [1.29, 1.82) is 0 Å². The Hall–Kier alpha value is -7.82. The van der Waals surface area contributed by atoms with E-state index in [0.29, 0.717) is 0 Å². The standard InChI is InChI=1S/C54H35N3O/c1-3-15-37(16-4-1)56-49-24-12-8-20-42(49)44-30-27-36(33-51(44)56)41-19-7-11-23-48(41)55(39-29-32-54-47(34-39)46-22-10-14-26-53(46)58-54)40-28-31-45-43-21-9-13-25-50(43)57(52(45)35-40)38-17-5-2-6-18-38/h1-35H. The van der Waals surface area contributed by atoms with Crippen LogP contribution in [0.4, 0.5) is 17.1 Å². The summed E-state index contributed by atoms with van der Waals surface area (Å²) in [5.74, 6) is 0. The van der Waals surface area contributed by atoms with Crippen LogP contribution < -0.4 is 4.90 Å². The van der Waals surface area contributed by atoms with Gasteiger partial charge in [0.2, 0.25) is 0 Å². The number of fused-ring (bicyclic) bond motifs is 9. The summed E-state index contributed by atoms with van der Waals surface area (Å²) in [6.07, 6.45) is 0. The maximum Gasteiger partial charge on any atom is 0.135 e. The molecule has 0 bridgehead atoms. The van der Waals surface area contributed by atoms with Gasteiger partial charge in [-0.1, -0.05) is 127 Å². The molecule has 0 saturated carbocycles. The number of furan rings is 1. The SMILES string of the molecule is c1ccc(-n2c3ccccc3c3ccc(-c4ccccc4N(c4ccc5oc6ccccc6c5c4)c4ccc5c6ccccc6n(-c6ccccc6)c5c4)cc32)cc1. The fourth-order valence-electron chi connectivity index (χ4n) is 9.14. The predicted octanol–water partition coefficient (Wildman–Crippen LogP) is 14.9. The molecule has 0 atom stereocenters. The first kappa shape index (κ1) is 32.4. The Morgan fingerprint density at radius 1 is 0.328 bits per heavy atom. The van der Waals surface area contributed by atoms with Gasteiger partial charge in [-0.2, -0.15) is 0 Å². The monoisotopic (exact) mass is 741 g/mol. The van der Waals surface area contributed by atoms with Crippen LogP contribution in [0.15, 0.2) is 217 Å². The fourth-order valence-corrected chi connectivity index (χ4v) is 9.14. The van der Waals surface area contributed by atoms with Crippen molar-refractivity contribution in [3.63, 3.8) is 0 Å². The number of nitrogens with zero attached hydrogens (tertiary/aromatic N) is 3. The molecule has 3 heterocycles. The van der Waals surface area contributed by atoms with Gasteiger partial charge in [0.25, 0.3) is 0 Å². The Morgan fingerprint density at radius 3 is 1.53 bits per heavy atom. The average molecular weight is 742 g/mol. The van der Waals surface area contributed by atoms with Gasteiger partial charge in [0.15, 0.2) is 0 Å². The van der Waals surface area contributed by atoms with Crippen LogP contribution in [-0.4, -0.2) is 9.13 Å². The van der Waals surface area contributed by atoms with Crippen molar-refractivity contribution in [2.24, 2.45) is 0 Å². The van der Waals surface area contributed by atoms with Crippen LogP contribution in [0.1, 0.15) is 0 Å². The van der Waals surface area contributed by atoms with Gasteiger partial charge in [-0.15, -0.1) is 0 Å². The highest BCUT2D eigenvalue weighted by atomic mass is 16.3. The zero-order valence-electron chi connectivity index (χ0n) is 31.5. The van der Waals surface area contributed by atoms with Gasteiger partial charge in [0, 0.05) is 60.6 Å². The highest BCUT2D eigenvalue weighted by molar-refractivity contribution is 6.13. The van der Waals surface area contributed by atoms with E-state index in [9.17, 15) is 0 Å². The van der Waals surface area contributed by atoms with Gasteiger partial charge in [0.1, 0.15) is 11.2 Å². The molecular weight excluding hydrogens is 707 g/mol. The fraction of sp³-hybridized carbons (Fsp3) is 0. The second-order valence-corrected chi connectivity index (χ2v) is 14.9. The minimum Gasteiger partial charge on any atom is -0.456 e. The molecule has 4 heteroatoms. The lowest BCUT2D eigenvalue weighted by molar-refractivity contribution is 0.669. The lowest BCUT2D eigenvalue weighted by atomic mass is 9.99. The van der Waals surface area contributed by atoms with Crippen LogP contribution in [0.2, 0.25) is 0 Å². The molecule has 0 saturated heterocycles. The van der Waals surface area contributed by atoms with Gasteiger partial charge in [-0.25, -0.2) is 0 Å². The summed E-state index contributed by atoms with van der Waals surface area (Å²) < 4.78 is 11.1. The maximum absolute atomic E-state index is 6.34. The predicted molar refractivity (Wildman–Crippen MR) is 243 cm³/mol. The van der Waals surface area contributed by atoms with Gasteiger partial charge < -0.3 is 18.5 Å². The molecular formula is C54H35N3O. The summed E-state index contributed by atoms with van der Waals surface area (Å²) in [7, 11) is 0. The lowest BCUT2D eigenvalue weighted by Crippen LogP contribution is -2.11. The Labute approximate surface area is 334 Å². The molecule has 0 fully saturated rings. The number of aromatic nitrogens is 2. The number of rotatable bonds is 6. The van der Waals surface area contributed by atoms with Gasteiger partial charge in [-0.3, -0.25) is 0 Å². The number of hydrogen-bond acceptors (Lipinski definition) is 2. The van der Waals surface area contributed by atoms with Crippen molar-refractivity contribution >= 4 is 82.6 Å². The molecule has 0 aliphatic carbocycles. The third-order valence-corrected chi connectivity index (χ3v) is 11.7. The van der Waals surface area contributed by atoms with Gasteiger partial charge in [0.05, 0.1) is 27.8 Å². The molecule has 0 amide bonds. The molecule has 4 nitrogen and oxygen atoms in total. The Bertz CT molecular complexity index is 3520. The van der Waals surface area contributed by atoms with Crippen molar-refractivity contribution in [1.82, 2.24) is 9.13 Å². The summed E-state index contributed by atoms with van der Waals surface area (Å²) in [5.41, 5.74) is 14.2. The molecule has 12 aromatic rings. The first-order chi connectivity index (χ1) is 28.8. The lowest BCUT2D eigenvalue weighted by Gasteiger charge is -2.28. The average Bonchev–Trinajstić information content (AvgIpc) is 3.94. The molecule has 3 aromatic heterocycles. The zero-order chi connectivity index (χ0) is 38.2. The first-order valence-corrected chi connectivity index (χ1v) is 19.8. The molecule has 0 N–H and O–H groups in total. The molecule has 272 valence electrons. The van der Waals surface area contributed by atoms with Crippen molar-refractivity contribution in [3.05, 3.63) is 212 Å². The quantitative estimate of drug-likeness (QED) is 0.170. The van der Waals surface area contributed by atoms with E-state index >= 15 is 0 Å². The Kier molecular flexibility index (Phi) is 7.20. The van der Waals surface area contributed by atoms with E-state index in [0.717, 1.165) is 67.0 Å². The van der Waals surface area contributed by atoms with Crippen LogP contribution in [0.5, 0.6) is 0 Å². The largest absolute Gasteiger partial charge is 0.456 e. The van der Waals surface area contributed by atoms with Crippen molar-refractivity contribution in [3.8, 4) is 22.5 Å². The van der Waals surface area contributed by atoms with E-state index in [1.807, 2.05) is 12.1 Å². The molecule has 0 radical (unpaired) electrons. The summed E-state index contributed by atoms with van der Waals surface area (Å²) >= 11 is 0. The van der Waals surface area contributed by atoms with Crippen LogP contribution in [0.3, 0.4) is 0 Å². The first-order valence-electron chi connectivity index (χ1n) is 19.8. The topological polar surface area (TPSA) is 26.2 Å². The second-order valence-electron chi connectivity index (χ2n) is 14.9. The van der Waals surface area contributed by atoms with E-state index in [2.05, 4.69) is 214 Å². The second kappa shape index (κ2) is 12.9. The van der Waals surface area contributed by atoms with E-state index in [-0.39, 0.29) is 0 Å². The molecule has 9 aromatic carbocycles. The molecule has 58 heavy (non-hydrogen) atoms. The summed E-state index contributed by atoms with van der Waals surface area (Å²) in [5, 5.41) is 7.11. The van der Waals surface area contributed by atoms with Crippen LogP contribution in [0.25, 0.3) is 88.1 Å². The molecule has 0 spiro atoms. The zero-order valence-corrected chi connectivity index (χ0v) is 31.5. The van der Waals surface area contributed by atoms with Crippen molar-refractivity contribution < 1.29 is 4.42 Å². The molecule has 0 unspecified atom stereocenters. The number of hydrogen-bond donors (Lipinski definition) is 0. The summed E-state index contributed by atoms with van der Waals surface area (Å²) in [6.45, 7) is 0. The molecule has 12 rings (SSSR count). The van der Waals surface area contributed by atoms with E-state index in [1.54, 1.807) is 0 Å². The van der Waals surface area contributed by atoms with Crippen LogP contribution in [0, 0.1) is 0 Å². The third kappa shape index (κ3) is 4.95. The van der Waals surface area contributed by atoms with Crippen LogP contribution >= 0.6 is 0 Å². The number of anilines is 3. The highest BCUT2D eigenvalue weighted by Crippen LogP contribution is 2.45. The summed E-state index contributed by atoms with van der Waals surface area (Å²) in [4.78, 5) is 2.42.